The molecule has 0 amide bonds. The molecule has 0 spiro atoms. The number of hydrogen-bond acceptors (Lipinski definition) is 15. The highest BCUT2D eigenvalue weighted by atomic mass is 16.7. The van der Waals surface area contributed by atoms with Gasteiger partial charge in [0.2, 0.25) is 0 Å². The predicted molar refractivity (Wildman–Crippen MR) is 235 cm³/mol. The third kappa shape index (κ3) is 12.3. The summed E-state index contributed by atoms with van der Waals surface area (Å²) in [5.41, 5.74) is 2.28. The van der Waals surface area contributed by atoms with Gasteiger partial charge in [0.15, 0.2) is 24.6 Å². The van der Waals surface area contributed by atoms with Gasteiger partial charge in [-0.2, -0.15) is 0 Å². The van der Waals surface area contributed by atoms with E-state index in [0.29, 0.717) is 61.6 Å². The number of fused-ring (bicyclic) bond motifs is 7. The maximum Gasteiger partial charge on any atom is 0.373 e. The third-order valence-corrected chi connectivity index (χ3v) is 16.4. The van der Waals surface area contributed by atoms with Crippen molar-refractivity contribution in [3.63, 3.8) is 0 Å². The molecule has 16 unspecified atom stereocenters. The fourth-order valence-corrected chi connectivity index (χ4v) is 12.6. The van der Waals surface area contributed by atoms with Crippen LogP contribution in [0.15, 0.2) is 23.5 Å². The highest BCUT2D eigenvalue weighted by Crippen LogP contribution is 2.68. The van der Waals surface area contributed by atoms with Crippen molar-refractivity contribution >= 4 is 5.97 Å². The number of allylic oxidation sites excluding steroid dienone is 2. The predicted octanol–water partition coefficient (Wildman–Crippen LogP) is 4.79. The lowest BCUT2D eigenvalue weighted by Gasteiger charge is -2.58. The minimum atomic E-state index is -0.998. The first-order valence-electron chi connectivity index (χ1n) is 24.5. The maximum absolute atomic E-state index is 11.5. The summed E-state index contributed by atoms with van der Waals surface area (Å²) in [6.07, 6.45) is 14.8. The van der Waals surface area contributed by atoms with E-state index in [9.17, 15) is 25.2 Å². The second kappa shape index (κ2) is 23.0. The van der Waals surface area contributed by atoms with Gasteiger partial charge in [-0.3, -0.25) is 0 Å². The van der Waals surface area contributed by atoms with Crippen LogP contribution in [0, 0.1) is 40.4 Å². The van der Waals surface area contributed by atoms with E-state index >= 15 is 0 Å². The van der Waals surface area contributed by atoms with Gasteiger partial charge in [-0.05, 0) is 130 Å². The smallest absolute Gasteiger partial charge is 0.373 e. The van der Waals surface area contributed by atoms with E-state index in [4.69, 9.17) is 48.5 Å². The Morgan fingerprint density at radius 3 is 2.31 bits per heavy atom. The van der Waals surface area contributed by atoms with Gasteiger partial charge in [0, 0.05) is 32.3 Å². The van der Waals surface area contributed by atoms with E-state index in [1.54, 1.807) is 18.6 Å². The Morgan fingerprint density at radius 2 is 1.66 bits per heavy atom. The molecule has 19 atom stereocenters. The molecular weight excluding hydrogens is 829 g/mol. The molecule has 15 nitrogen and oxygen atoms in total. The SMILES string of the molecule is CC/C=C(\OC)C(=O)OC[C@@H]1OC(O)CC1O.C[C@@H](CO)CCC1CC2C(CC3C4CC=C5CC(OC6CC(O)CC(CO)O6)CCC5(C)C4CCC23C)O1.C[C@@H]1OC(O)CCC1O. The second-order valence-corrected chi connectivity index (χ2v) is 20.7. The van der Waals surface area contributed by atoms with E-state index < -0.39 is 49.3 Å². The summed E-state index contributed by atoms with van der Waals surface area (Å²) in [6.45, 7) is 11.0. The fraction of sp³-hybridized carbons (Fsp3) is 0.898. The number of methoxy groups -OCH3 is 1. The first kappa shape index (κ1) is 51.7. The molecule has 3 saturated carbocycles. The van der Waals surface area contributed by atoms with E-state index in [1.165, 1.54) is 45.6 Å². The van der Waals surface area contributed by atoms with Crippen LogP contribution in [0.2, 0.25) is 0 Å². The van der Waals surface area contributed by atoms with Gasteiger partial charge in [-0.15, -0.1) is 0 Å². The lowest BCUT2D eigenvalue weighted by Crippen LogP contribution is -2.51. The molecule has 7 fully saturated rings. The van der Waals surface area contributed by atoms with E-state index in [1.807, 2.05) is 6.92 Å². The zero-order chi connectivity index (χ0) is 46.3. The molecule has 368 valence electrons. The first-order chi connectivity index (χ1) is 30.5. The molecular formula is C49H82O15. The summed E-state index contributed by atoms with van der Waals surface area (Å²) < 4.78 is 38.6. The molecule has 8 rings (SSSR count). The van der Waals surface area contributed by atoms with Gasteiger partial charge in [-0.25, -0.2) is 4.79 Å². The van der Waals surface area contributed by atoms with Crippen LogP contribution in [0.25, 0.3) is 0 Å². The van der Waals surface area contributed by atoms with E-state index in [2.05, 4.69) is 26.8 Å². The van der Waals surface area contributed by atoms with Crippen LogP contribution >= 0.6 is 0 Å². The Balaban J connectivity index is 0.000000215. The molecule has 7 N–H and O–H groups in total. The number of aliphatic hydroxyl groups excluding tert-OH is 7. The molecule has 4 saturated heterocycles. The molecule has 0 bridgehead atoms. The van der Waals surface area contributed by atoms with Gasteiger partial charge >= 0.3 is 5.97 Å². The summed E-state index contributed by atoms with van der Waals surface area (Å²) in [5, 5.41) is 65.6. The molecule has 15 heteroatoms. The van der Waals surface area contributed by atoms with Crippen LogP contribution in [-0.2, 0) is 38.0 Å². The number of aliphatic hydroxyl groups is 7. The van der Waals surface area contributed by atoms with E-state index in [-0.39, 0.29) is 55.7 Å². The highest BCUT2D eigenvalue weighted by Gasteiger charge is 2.63. The van der Waals surface area contributed by atoms with Crippen LogP contribution in [0.4, 0.5) is 0 Å². The van der Waals surface area contributed by atoms with Crippen LogP contribution in [-0.4, -0.2) is 142 Å². The Bertz CT molecular complexity index is 1540. The number of ether oxygens (including phenoxy) is 7. The van der Waals surface area contributed by atoms with Crippen molar-refractivity contribution < 1.29 is 73.7 Å². The number of carbonyl (C=O) groups is 1. The Hall–Kier alpha value is -1.73. The molecule has 64 heavy (non-hydrogen) atoms. The summed E-state index contributed by atoms with van der Waals surface area (Å²) in [7, 11) is 1.38. The van der Waals surface area contributed by atoms with E-state index in [0.717, 1.165) is 43.4 Å². The summed E-state index contributed by atoms with van der Waals surface area (Å²) >= 11 is 0. The van der Waals surface area contributed by atoms with Crippen LogP contribution in [0.1, 0.15) is 137 Å². The average molecular weight is 911 g/mol. The van der Waals surface area contributed by atoms with Crippen molar-refractivity contribution in [1.29, 1.82) is 0 Å². The standard InChI is InChI=1S/C32H52O6.C11H18O6.C6H12O3/c1-19(17-33)4-6-22-15-28-29(36-22)16-27-25-7-5-20-12-23(37-30-14-21(35)13-24(18-34)38-30)8-10-31(20,2)26(25)9-11-32(27,28)3;1-3-4-8(15-2)11(14)16-6-9-7(12)5-10(13)17-9;1-4-5(7)2-3-6(8)9-4/h5,19,21-30,33-35H,4,6-18H2,1-3H3;4,7,9-10,12-13H,3,5-6H2,1-2H3;4-8H,2-3H2,1H3/b;8-4-;/t19-,21?,22?,23?,24?,25?,26?,27?,28?,29?,30?,31?,32?;7?,9-,10?;4-,5?,6?/m100/s1. The van der Waals surface area contributed by atoms with Crippen LogP contribution < -0.4 is 0 Å². The van der Waals surface area contributed by atoms with Gasteiger partial charge in [0.1, 0.15) is 12.7 Å². The fourth-order valence-electron chi connectivity index (χ4n) is 12.6. The van der Waals surface area contributed by atoms with Crippen molar-refractivity contribution in [1.82, 2.24) is 0 Å². The van der Waals surface area contributed by atoms with Crippen LogP contribution in [0.5, 0.6) is 0 Å². The molecule has 0 aromatic heterocycles. The van der Waals surface area contributed by atoms with Crippen molar-refractivity contribution in [3.8, 4) is 0 Å². The zero-order valence-electron chi connectivity index (χ0n) is 39.3. The van der Waals surface area contributed by atoms with Gasteiger partial charge in [0.05, 0.1) is 62.5 Å². The molecule has 4 heterocycles. The van der Waals surface area contributed by atoms with Crippen molar-refractivity contribution in [3.05, 3.63) is 23.5 Å². The monoisotopic (exact) mass is 911 g/mol. The first-order valence-corrected chi connectivity index (χ1v) is 24.5. The number of rotatable bonds is 12. The Labute approximate surface area is 380 Å². The minimum absolute atomic E-state index is 0.0652. The van der Waals surface area contributed by atoms with Crippen molar-refractivity contribution in [2.24, 2.45) is 40.4 Å². The maximum atomic E-state index is 11.5. The van der Waals surface area contributed by atoms with Crippen molar-refractivity contribution in [2.75, 3.05) is 26.9 Å². The zero-order valence-corrected chi connectivity index (χ0v) is 39.3. The highest BCUT2D eigenvalue weighted by molar-refractivity contribution is 5.86. The number of hydrogen-bond donors (Lipinski definition) is 7. The molecule has 8 aliphatic rings. The molecule has 4 aliphatic carbocycles. The van der Waals surface area contributed by atoms with Gasteiger partial charge in [0.25, 0.3) is 0 Å². The van der Waals surface area contributed by atoms with Gasteiger partial charge < -0.3 is 68.9 Å². The minimum Gasteiger partial charge on any atom is -0.490 e. The average Bonchev–Trinajstić information content (AvgIpc) is 3.92. The van der Waals surface area contributed by atoms with Gasteiger partial charge in [-0.1, -0.05) is 39.3 Å². The quantitative estimate of drug-likeness (QED) is 0.0606. The normalized spacial score (nSPS) is 44.3. The lowest BCUT2D eigenvalue weighted by atomic mass is 9.47. The summed E-state index contributed by atoms with van der Waals surface area (Å²) in [5.74, 6) is 2.90. The number of esters is 1. The molecule has 0 radical (unpaired) electrons. The topological polar surface area (TPSA) is 223 Å². The molecule has 4 aliphatic heterocycles. The summed E-state index contributed by atoms with van der Waals surface area (Å²) in [6, 6.07) is 0. The Kier molecular flexibility index (Phi) is 18.6. The Morgan fingerprint density at radius 1 is 0.875 bits per heavy atom. The third-order valence-electron chi connectivity index (χ3n) is 16.4. The molecule has 0 aromatic carbocycles. The van der Waals surface area contributed by atoms with Crippen molar-refractivity contribution in [2.45, 2.75) is 211 Å². The largest absolute Gasteiger partial charge is 0.490 e. The number of carbonyl (C=O) groups excluding carboxylic acids is 1. The molecule has 0 aromatic rings. The lowest BCUT2D eigenvalue weighted by molar-refractivity contribution is -0.242. The summed E-state index contributed by atoms with van der Waals surface area (Å²) in [4.78, 5) is 11.5. The second-order valence-electron chi connectivity index (χ2n) is 20.7. The van der Waals surface area contributed by atoms with Crippen LogP contribution in [0.3, 0.4) is 0 Å².